The molecule has 0 aliphatic carbocycles. The fourth-order valence-corrected chi connectivity index (χ4v) is 4.33. The van der Waals surface area contributed by atoms with Crippen LogP contribution in [0.15, 0.2) is 24.3 Å². The summed E-state index contributed by atoms with van der Waals surface area (Å²) in [5.41, 5.74) is 1.59. The molecule has 4 heteroatoms. The van der Waals surface area contributed by atoms with Gasteiger partial charge in [0.25, 0.3) is 0 Å². The van der Waals surface area contributed by atoms with E-state index in [1.165, 1.54) is 5.56 Å². The molecule has 0 saturated carbocycles. The van der Waals surface area contributed by atoms with E-state index in [2.05, 4.69) is 19.1 Å². The van der Waals surface area contributed by atoms with Crippen LogP contribution < -0.4 is 4.74 Å². The first-order valence-electron chi connectivity index (χ1n) is 5.11. The molecule has 1 aromatic carbocycles. The van der Waals surface area contributed by atoms with Crippen LogP contribution in [-0.4, -0.2) is 14.5 Å². The Kier molecular flexibility index (Phi) is 5.51. The molecule has 0 saturated heterocycles. The minimum absolute atomic E-state index is 0.351. The molecular weight excluding hydrogens is 247 g/mol. The summed E-state index contributed by atoms with van der Waals surface area (Å²) in [6.07, 6.45) is 2.18. The lowest BCUT2D eigenvalue weighted by Crippen LogP contribution is -2.11. The van der Waals surface area contributed by atoms with Crippen molar-refractivity contribution < 1.29 is 4.74 Å². The summed E-state index contributed by atoms with van der Waals surface area (Å²) in [6.45, 7) is 2.15. The first-order chi connectivity index (χ1) is 7.19. The molecule has 0 fully saturated rings. The molecule has 84 valence electrons. The average Bonchev–Trinajstić information content (AvgIpc) is 2.26. The number of benzene rings is 1. The first-order valence-corrected chi connectivity index (χ1v) is 9.27. The molecule has 1 atom stereocenters. The molecule has 1 unspecified atom stereocenters. The van der Waals surface area contributed by atoms with Gasteiger partial charge in [-0.1, -0.05) is 25.5 Å². The van der Waals surface area contributed by atoms with E-state index in [9.17, 15) is 0 Å². The van der Waals surface area contributed by atoms with Gasteiger partial charge in [-0.15, -0.1) is 22.2 Å². The topological polar surface area (TPSA) is 9.23 Å². The second kappa shape index (κ2) is 6.41. The zero-order valence-corrected chi connectivity index (χ0v) is 11.7. The van der Waals surface area contributed by atoms with Crippen LogP contribution in [0.25, 0.3) is 0 Å². The van der Waals surface area contributed by atoms with Crippen molar-refractivity contribution >= 4 is 29.6 Å². The smallest absolute Gasteiger partial charge is 0.244 e. The molecular formula is C11H16Cl2OSi. The van der Waals surface area contributed by atoms with Gasteiger partial charge >= 0.3 is 0 Å². The van der Waals surface area contributed by atoms with Gasteiger partial charge in [-0.05, 0) is 24.1 Å². The predicted molar refractivity (Wildman–Crippen MR) is 69.5 cm³/mol. The van der Waals surface area contributed by atoms with Gasteiger partial charge in [-0.3, -0.25) is 0 Å². The van der Waals surface area contributed by atoms with E-state index in [0.717, 1.165) is 18.6 Å². The molecule has 0 heterocycles. The maximum absolute atomic E-state index is 6.10. The Balaban J connectivity index is 2.81. The predicted octanol–water partition coefficient (Wildman–Crippen LogP) is 3.82. The van der Waals surface area contributed by atoms with Crippen LogP contribution >= 0.6 is 22.2 Å². The van der Waals surface area contributed by atoms with Crippen LogP contribution in [-0.2, 0) is 0 Å². The highest BCUT2D eigenvalue weighted by Gasteiger charge is 2.20. The van der Waals surface area contributed by atoms with Gasteiger partial charge in [0, 0.05) is 5.54 Å². The van der Waals surface area contributed by atoms with Crippen LogP contribution in [0.2, 0.25) is 0 Å². The summed E-state index contributed by atoms with van der Waals surface area (Å²) in [4.78, 5) is 0. The van der Waals surface area contributed by atoms with E-state index in [-0.39, 0.29) is 0 Å². The van der Waals surface area contributed by atoms with Gasteiger partial charge in [0.05, 0.1) is 7.11 Å². The number of hydrogen-bond acceptors (Lipinski definition) is 1. The minimum atomic E-state index is -1.65. The van der Waals surface area contributed by atoms with Gasteiger partial charge in [0.2, 0.25) is 7.42 Å². The molecule has 0 aromatic heterocycles. The highest BCUT2D eigenvalue weighted by atomic mass is 35.7. The summed E-state index contributed by atoms with van der Waals surface area (Å²) in [5.74, 6) is 0.872. The van der Waals surface area contributed by atoms with Crippen molar-refractivity contribution in [3.05, 3.63) is 29.8 Å². The summed E-state index contributed by atoms with van der Waals surface area (Å²) >= 11 is 12.2. The van der Waals surface area contributed by atoms with E-state index < -0.39 is 7.42 Å². The van der Waals surface area contributed by atoms with Crippen molar-refractivity contribution in [1.82, 2.24) is 0 Å². The fourth-order valence-electron chi connectivity index (χ4n) is 1.60. The van der Waals surface area contributed by atoms with E-state index >= 15 is 0 Å². The van der Waals surface area contributed by atoms with Crippen molar-refractivity contribution in [2.75, 3.05) is 7.11 Å². The maximum atomic E-state index is 6.10. The molecule has 15 heavy (non-hydrogen) atoms. The van der Waals surface area contributed by atoms with Gasteiger partial charge < -0.3 is 4.74 Å². The quantitative estimate of drug-likeness (QED) is 0.579. The van der Waals surface area contributed by atoms with E-state index in [1.54, 1.807) is 7.11 Å². The molecule has 0 aliphatic rings. The fraction of sp³-hybridized carbons (Fsp3) is 0.455. The Morgan fingerprint density at radius 3 is 2.27 bits per heavy atom. The number of ether oxygens (including phenoxy) is 1. The number of halogens is 2. The van der Waals surface area contributed by atoms with Crippen LogP contribution in [0.1, 0.15) is 30.9 Å². The molecule has 0 spiro atoms. The van der Waals surface area contributed by atoms with Gasteiger partial charge in [0.15, 0.2) is 0 Å². The van der Waals surface area contributed by atoms with Crippen molar-refractivity contribution in [2.45, 2.75) is 25.3 Å². The summed E-state index contributed by atoms with van der Waals surface area (Å²) in [5, 5.41) is 0. The van der Waals surface area contributed by atoms with Crippen molar-refractivity contribution in [1.29, 1.82) is 0 Å². The molecule has 1 rings (SSSR count). The molecule has 1 aromatic rings. The minimum Gasteiger partial charge on any atom is -0.497 e. The lowest BCUT2D eigenvalue weighted by Gasteiger charge is -2.16. The van der Waals surface area contributed by atoms with E-state index in [0.29, 0.717) is 5.54 Å². The Bertz CT molecular complexity index is 287. The SMILES string of the molecule is CCCC(c1ccc(OC)cc1)[SiH](Cl)Cl. The number of rotatable bonds is 5. The monoisotopic (exact) mass is 262 g/mol. The van der Waals surface area contributed by atoms with Crippen LogP contribution in [0.5, 0.6) is 5.75 Å². The van der Waals surface area contributed by atoms with Gasteiger partial charge in [-0.25, -0.2) is 0 Å². The second-order valence-electron chi connectivity index (χ2n) is 3.50. The highest BCUT2D eigenvalue weighted by Crippen LogP contribution is 2.29. The standard InChI is InChI=1S/C11H16Cl2OSi/c1-3-4-11(15(12)13)9-5-7-10(14-2)8-6-9/h5-8,11,15H,3-4H2,1-2H3. The Hall–Kier alpha value is -0.183. The van der Waals surface area contributed by atoms with Gasteiger partial charge in [0.1, 0.15) is 5.75 Å². The van der Waals surface area contributed by atoms with Crippen molar-refractivity contribution in [2.24, 2.45) is 0 Å². The lowest BCUT2D eigenvalue weighted by atomic mass is 10.1. The summed E-state index contributed by atoms with van der Waals surface area (Å²) < 4.78 is 5.11. The Morgan fingerprint density at radius 1 is 1.27 bits per heavy atom. The second-order valence-corrected chi connectivity index (χ2v) is 8.47. The summed E-state index contributed by atoms with van der Waals surface area (Å²) in [6, 6.07) is 8.04. The summed E-state index contributed by atoms with van der Waals surface area (Å²) in [7, 11) is 0.0151. The first kappa shape index (κ1) is 12.9. The number of methoxy groups -OCH3 is 1. The Labute approximate surface area is 102 Å². The molecule has 0 radical (unpaired) electrons. The molecule has 0 bridgehead atoms. The third-order valence-electron chi connectivity index (χ3n) is 2.45. The lowest BCUT2D eigenvalue weighted by molar-refractivity contribution is 0.414. The largest absolute Gasteiger partial charge is 0.497 e. The average molecular weight is 263 g/mol. The van der Waals surface area contributed by atoms with Gasteiger partial charge in [-0.2, -0.15) is 0 Å². The molecule has 0 aliphatic heterocycles. The molecule has 1 nitrogen and oxygen atoms in total. The van der Waals surface area contributed by atoms with E-state index in [4.69, 9.17) is 26.9 Å². The van der Waals surface area contributed by atoms with Crippen molar-refractivity contribution in [3.8, 4) is 5.75 Å². The normalized spacial score (nSPS) is 12.9. The van der Waals surface area contributed by atoms with Crippen molar-refractivity contribution in [3.63, 3.8) is 0 Å². The molecule has 0 N–H and O–H groups in total. The Morgan fingerprint density at radius 2 is 1.87 bits per heavy atom. The molecule has 0 amide bonds. The third-order valence-corrected chi connectivity index (χ3v) is 5.60. The zero-order valence-electron chi connectivity index (χ0n) is 9.04. The van der Waals surface area contributed by atoms with Crippen LogP contribution in [0.4, 0.5) is 0 Å². The maximum Gasteiger partial charge on any atom is 0.244 e. The van der Waals surface area contributed by atoms with E-state index in [1.807, 2.05) is 12.1 Å². The number of hydrogen-bond donors (Lipinski definition) is 0. The zero-order chi connectivity index (χ0) is 11.3. The van der Waals surface area contributed by atoms with Crippen LogP contribution in [0.3, 0.4) is 0 Å². The van der Waals surface area contributed by atoms with Crippen LogP contribution in [0, 0.1) is 0 Å². The third kappa shape index (κ3) is 3.71. The highest BCUT2D eigenvalue weighted by molar-refractivity contribution is 7.34.